The molecule has 0 radical (unpaired) electrons. The van der Waals surface area contributed by atoms with Gasteiger partial charge in [0.2, 0.25) is 0 Å². The molecule has 1 saturated carbocycles. The largest absolute Gasteiger partial charge is 0.359 e. The Hall–Kier alpha value is -1.79. The van der Waals surface area contributed by atoms with Crippen LogP contribution in [0.15, 0.2) is 36.5 Å². The summed E-state index contributed by atoms with van der Waals surface area (Å²) in [5, 5.41) is 6.83. The van der Waals surface area contributed by atoms with Crippen LogP contribution in [0.5, 0.6) is 0 Å². The standard InChI is InChI=1S/C15H12ClF2N3S/c16-8-4-5-13(19-7-8)21-15(22)20-12-6-9(12)14-10(17)2-1-3-11(14)18/h1-5,7,9,12H,6H2,(H2,19,20,21,22). The molecule has 22 heavy (non-hydrogen) atoms. The normalized spacial score (nSPS) is 19.6. The van der Waals surface area contributed by atoms with Gasteiger partial charge < -0.3 is 10.6 Å². The molecule has 1 heterocycles. The highest BCUT2D eigenvalue weighted by Crippen LogP contribution is 2.43. The second-order valence-corrected chi connectivity index (χ2v) is 5.89. The minimum Gasteiger partial charge on any atom is -0.359 e. The number of benzene rings is 1. The van der Waals surface area contributed by atoms with Crippen molar-refractivity contribution in [1.82, 2.24) is 10.3 Å². The number of nitrogens with one attached hydrogen (secondary N) is 2. The number of hydrogen-bond acceptors (Lipinski definition) is 2. The lowest BCUT2D eigenvalue weighted by Gasteiger charge is -2.10. The van der Waals surface area contributed by atoms with E-state index in [4.69, 9.17) is 23.8 Å². The van der Waals surface area contributed by atoms with Crippen molar-refractivity contribution in [2.75, 3.05) is 5.32 Å². The van der Waals surface area contributed by atoms with Crippen molar-refractivity contribution in [3.05, 3.63) is 58.7 Å². The van der Waals surface area contributed by atoms with E-state index in [1.54, 1.807) is 12.1 Å². The molecule has 1 aromatic heterocycles. The van der Waals surface area contributed by atoms with Crippen LogP contribution in [0.25, 0.3) is 0 Å². The van der Waals surface area contributed by atoms with Crippen molar-refractivity contribution < 1.29 is 8.78 Å². The molecule has 3 nitrogen and oxygen atoms in total. The topological polar surface area (TPSA) is 37.0 Å². The highest BCUT2D eigenvalue weighted by molar-refractivity contribution is 7.80. The molecule has 2 N–H and O–H groups in total. The van der Waals surface area contributed by atoms with Crippen LogP contribution in [0, 0.1) is 11.6 Å². The van der Waals surface area contributed by atoms with Gasteiger partial charge in [-0.2, -0.15) is 0 Å². The van der Waals surface area contributed by atoms with Gasteiger partial charge in [0.1, 0.15) is 17.5 Å². The van der Waals surface area contributed by atoms with Gasteiger partial charge in [-0.05, 0) is 42.9 Å². The third-order valence-electron chi connectivity index (χ3n) is 3.45. The maximum absolute atomic E-state index is 13.7. The number of aromatic nitrogens is 1. The summed E-state index contributed by atoms with van der Waals surface area (Å²) in [5.74, 6) is -0.699. The van der Waals surface area contributed by atoms with Gasteiger partial charge in [-0.3, -0.25) is 0 Å². The van der Waals surface area contributed by atoms with Crippen molar-refractivity contribution in [3.8, 4) is 0 Å². The Morgan fingerprint density at radius 3 is 2.59 bits per heavy atom. The maximum atomic E-state index is 13.7. The van der Waals surface area contributed by atoms with Crippen molar-refractivity contribution >= 4 is 34.7 Å². The second-order valence-electron chi connectivity index (χ2n) is 5.04. The molecular formula is C15H12ClF2N3S. The molecule has 114 valence electrons. The zero-order valence-corrected chi connectivity index (χ0v) is 12.9. The summed E-state index contributed by atoms with van der Waals surface area (Å²) >= 11 is 10.9. The highest BCUT2D eigenvalue weighted by atomic mass is 35.5. The first-order valence-corrected chi connectivity index (χ1v) is 7.46. The highest BCUT2D eigenvalue weighted by Gasteiger charge is 2.42. The average molecular weight is 340 g/mol. The van der Waals surface area contributed by atoms with E-state index in [0.717, 1.165) is 0 Å². The van der Waals surface area contributed by atoms with Gasteiger partial charge in [-0.1, -0.05) is 17.7 Å². The number of rotatable bonds is 3. The van der Waals surface area contributed by atoms with Crippen molar-refractivity contribution in [2.24, 2.45) is 0 Å². The number of pyridine rings is 1. The molecule has 1 aliphatic rings. The van der Waals surface area contributed by atoms with Crippen LogP contribution in [0.3, 0.4) is 0 Å². The summed E-state index contributed by atoms with van der Waals surface area (Å²) < 4.78 is 27.4. The van der Waals surface area contributed by atoms with E-state index in [2.05, 4.69) is 15.6 Å². The van der Waals surface area contributed by atoms with E-state index in [1.807, 2.05) is 0 Å². The van der Waals surface area contributed by atoms with Crippen LogP contribution in [-0.4, -0.2) is 16.1 Å². The third-order valence-corrected chi connectivity index (χ3v) is 3.89. The third kappa shape index (κ3) is 3.34. The van der Waals surface area contributed by atoms with E-state index in [1.165, 1.54) is 24.4 Å². The van der Waals surface area contributed by atoms with Crippen molar-refractivity contribution in [3.63, 3.8) is 0 Å². The summed E-state index contributed by atoms with van der Waals surface area (Å²) in [5.41, 5.74) is 0.118. The Morgan fingerprint density at radius 2 is 1.95 bits per heavy atom. The predicted octanol–water partition coefficient (Wildman–Crippen LogP) is 3.86. The lowest BCUT2D eigenvalue weighted by molar-refractivity contribution is 0.554. The lowest BCUT2D eigenvalue weighted by atomic mass is 10.1. The molecule has 3 rings (SSSR count). The number of halogens is 3. The predicted molar refractivity (Wildman–Crippen MR) is 86.1 cm³/mol. The fourth-order valence-corrected chi connectivity index (χ4v) is 2.68. The minimum absolute atomic E-state index is 0.0845. The fourth-order valence-electron chi connectivity index (χ4n) is 2.31. The summed E-state index contributed by atoms with van der Waals surface area (Å²) in [4.78, 5) is 4.06. The monoisotopic (exact) mass is 339 g/mol. The number of hydrogen-bond donors (Lipinski definition) is 2. The zero-order valence-electron chi connectivity index (χ0n) is 11.3. The van der Waals surface area contributed by atoms with Crippen LogP contribution in [0.1, 0.15) is 17.9 Å². The molecule has 1 aliphatic carbocycles. The van der Waals surface area contributed by atoms with Crippen LogP contribution in [0.2, 0.25) is 5.02 Å². The van der Waals surface area contributed by atoms with E-state index in [0.29, 0.717) is 22.4 Å². The molecule has 0 aliphatic heterocycles. The summed E-state index contributed by atoms with van der Waals surface area (Å²) in [6.07, 6.45) is 2.13. The van der Waals surface area contributed by atoms with Gasteiger partial charge in [-0.15, -0.1) is 0 Å². The molecule has 7 heteroatoms. The van der Waals surface area contributed by atoms with Crippen LogP contribution < -0.4 is 10.6 Å². The first kappa shape index (κ1) is 15.1. The Balaban J connectivity index is 1.59. The molecule has 2 unspecified atom stereocenters. The molecule has 2 atom stereocenters. The summed E-state index contributed by atoms with van der Waals surface area (Å²) in [6.45, 7) is 0. The van der Waals surface area contributed by atoms with Gasteiger partial charge in [-0.25, -0.2) is 13.8 Å². The van der Waals surface area contributed by atoms with E-state index >= 15 is 0 Å². The molecular weight excluding hydrogens is 328 g/mol. The first-order valence-electron chi connectivity index (χ1n) is 6.67. The lowest BCUT2D eigenvalue weighted by Crippen LogP contribution is -2.31. The van der Waals surface area contributed by atoms with Gasteiger partial charge in [0.25, 0.3) is 0 Å². The van der Waals surface area contributed by atoms with Crippen molar-refractivity contribution in [2.45, 2.75) is 18.4 Å². The molecule has 1 fully saturated rings. The molecule has 0 amide bonds. The van der Waals surface area contributed by atoms with E-state index < -0.39 is 11.6 Å². The number of thiocarbonyl (C=S) groups is 1. The number of anilines is 1. The summed E-state index contributed by atoms with van der Waals surface area (Å²) in [6, 6.07) is 7.19. The zero-order chi connectivity index (χ0) is 15.7. The molecule has 0 spiro atoms. The van der Waals surface area contributed by atoms with Gasteiger partial charge in [0.15, 0.2) is 5.11 Å². The number of nitrogens with zero attached hydrogens (tertiary/aromatic N) is 1. The second kappa shape index (κ2) is 6.14. The summed E-state index contributed by atoms with van der Waals surface area (Å²) in [7, 11) is 0. The molecule has 0 saturated heterocycles. The van der Waals surface area contributed by atoms with Crippen LogP contribution in [-0.2, 0) is 0 Å². The molecule has 1 aromatic carbocycles. The Morgan fingerprint density at radius 1 is 1.23 bits per heavy atom. The van der Waals surface area contributed by atoms with Gasteiger partial charge >= 0.3 is 0 Å². The van der Waals surface area contributed by atoms with Gasteiger partial charge in [0.05, 0.1) is 5.02 Å². The fraction of sp³-hybridized carbons (Fsp3) is 0.200. The van der Waals surface area contributed by atoms with E-state index in [9.17, 15) is 8.78 Å². The smallest absolute Gasteiger partial charge is 0.172 e. The SMILES string of the molecule is Fc1cccc(F)c1C1CC1NC(=S)Nc1ccc(Cl)cn1. The average Bonchev–Trinajstić information content (AvgIpc) is 3.20. The van der Waals surface area contributed by atoms with E-state index in [-0.39, 0.29) is 17.5 Å². The van der Waals surface area contributed by atoms with Crippen LogP contribution >= 0.6 is 23.8 Å². The van der Waals surface area contributed by atoms with Gasteiger partial charge in [0, 0.05) is 23.7 Å². The Kier molecular flexibility index (Phi) is 4.22. The Labute approximate surface area is 136 Å². The maximum Gasteiger partial charge on any atom is 0.172 e. The molecule has 2 aromatic rings. The minimum atomic E-state index is -0.521. The molecule has 0 bridgehead atoms. The van der Waals surface area contributed by atoms with Crippen LogP contribution in [0.4, 0.5) is 14.6 Å². The Bertz CT molecular complexity index is 688. The first-order chi connectivity index (χ1) is 10.5. The van der Waals surface area contributed by atoms with Crippen molar-refractivity contribution in [1.29, 1.82) is 0 Å². The quantitative estimate of drug-likeness (QED) is 0.833.